The Morgan fingerprint density at radius 2 is 2.10 bits per heavy atom. The highest BCUT2D eigenvalue weighted by molar-refractivity contribution is 6.31. The van der Waals surface area contributed by atoms with E-state index in [1.165, 1.54) is 12.1 Å². The minimum atomic E-state index is -0.423. The highest BCUT2D eigenvalue weighted by atomic mass is 35.5. The molecule has 1 aliphatic rings. The van der Waals surface area contributed by atoms with E-state index in [2.05, 4.69) is 4.98 Å². The fourth-order valence-electron chi connectivity index (χ4n) is 2.55. The summed E-state index contributed by atoms with van der Waals surface area (Å²) >= 11 is 5.87. The lowest BCUT2D eigenvalue weighted by Crippen LogP contribution is -2.04. The van der Waals surface area contributed by atoms with Crippen molar-refractivity contribution < 1.29 is 9.72 Å². The zero-order valence-electron chi connectivity index (χ0n) is 10.3. The van der Waals surface area contributed by atoms with Gasteiger partial charge in [-0.2, -0.15) is 0 Å². The smallest absolute Gasteiger partial charge is 0.269 e. The van der Waals surface area contributed by atoms with Crippen LogP contribution >= 0.6 is 11.6 Å². The van der Waals surface area contributed by atoms with Gasteiger partial charge in [-0.1, -0.05) is 23.7 Å². The Bertz CT molecular complexity index is 694. The third-order valence-corrected chi connectivity index (χ3v) is 3.84. The lowest BCUT2D eigenvalue weighted by atomic mass is 9.97. The van der Waals surface area contributed by atoms with Gasteiger partial charge < -0.3 is 4.57 Å². The Morgan fingerprint density at radius 3 is 2.70 bits per heavy atom. The van der Waals surface area contributed by atoms with Crippen molar-refractivity contribution in [2.45, 2.75) is 18.9 Å². The highest BCUT2D eigenvalue weighted by Crippen LogP contribution is 2.32. The first-order valence-electron chi connectivity index (χ1n) is 6.04. The van der Waals surface area contributed by atoms with Crippen LogP contribution in [0.15, 0.2) is 24.3 Å². The maximum atomic E-state index is 11.0. The van der Waals surface area contributed by atoms with E-state index in [4.69, 9.17) is 11.6 Å². The molecule has 0 amide bonds. The Labute approximate surface area is 119 Å². The minimum absolute atomic E-state index is 0.0705. The Hall–Kier alpha value is -2.21. The number of non-ortho nitro benzene ring substituents is 1. The molecule has 6 nitrogen and oxygen atoms in total. The molecule has 2 heterocycles. The monoisotopic (exact) mass is 291 g/mol. The van der Waals surface area contributed by atoms with E-state index in [1.54, 1.807) is 16.7 Å². The molecule has 1 aliphatic heterocycles. The summed E-state index contributed by atoms with van der Waals surface area (Å²) in [5.41, 5.74) is 1.46. The van der Waals surface area contributed by atoms with E-state index >= 15 is 0 Å². The average Bonchev–Trinajstić information content (AvgIpc) is 2.95. The number of nitrogens with zero attached hydrogens (tertiary/aromatic N) is 3. The van der Waals surface area contributed by atoms with Crippen molar-refractivity contribution in [3.8, 4) is 0 Å². The molecule has 2 aromatic rings. The van der Waals surface area contributed by atoms with Crippen molar-refractivity contribution in [3.63, 3.8) is 0 Å². The summed E-state index contributed by atoms with van der Waals surface area (Å²) in [4.78, 5) is 25.4. The molecule has 0 bridgehead atoms. The summed E-state index contributed by atoms with van der Waals surface area (Å²) < 4.78 is 1.81. The van der Waals surface area contributed by atoms with Crippen molar-refractivity contribution in [3.05, 3.63) is 56.6 Å². The third-order valence-electron chi connectivity index (χ3n) is 3.56. The number of nitro groups is 1. The molecule has 0 saturated heterocycles. The van der Waals surface area contributed by atoms with Crippen LogP contribution in [0, 0.1) is 10.1 Å². The van der Waals surface area contributed by atoms with Crippen LogP contribution in [0.1, 0.15) is 27.8 Å². The lowest BCUT2D eigenvalue weighted by Gasteiger charge is -2.09. The van der Waals surface area contributed by atoms with E-state index in [1.807, 2.05) is 0 Å². The van der Waals surface area contributed by atoms with Gasteiger partial charge in [-0.25, -0.2) is 4.98 Å². The van der Waals surface area contributed by atoms with Crippen LogP contribution in [0.25, 0.3) is 0 Å². The molecular weight excluding hydrogens is 282 g/mol. The molecule has 0 radical (unpaired) electrons. The zero-order chi connectivity index (χ0) is 14.3. The third kappa shape index (κ3) is 1.98. The van der Waals surface area contributed by atoms with Gasteiger partial charge in [0.2, 0.25) is 0 Å². The molecule has 7 heteroatoms. The van der Waals surface area contributed by atoms with Crippen LogP contribution in [-0.2, 0) is 13.0 Å². The van der Waals surface area contributed by atoms with Gasteiger partial charge in [0.1, 0.15) is 11.5 Å². The predicted molar refractivity (Wildman–Crippen MR) is 72.2 cm³/mol. The standard InChI is InChI=1S/C13H10ClN3O3/c14-13-11(7-18)16-6-9(5-12(16)15-13)8-1-3-10(4-2-8)17(19)20/h1-4,7,9H,5-6H2. The number of imidazole rings is 1. The van der Waals surface area contributed by atoms with Crippen molar-refractivity contribution >= 4 is 23.6 Å². The second-order valence-corrected chi connectivity index (χ2v) is 5.04. The van der Waals surface area contributed by atoms with E-state index in [0.717, 1.165) is 11.4 Å². The van der Waals surface area contributed by atoms with Gasteiger partial charge in [-0.05, 0) is 5.56 Å². The Morgan fingerprint density at radius 1 is 1.40 bits per heavy atom. The van der Waals surface area contributed by atoms with Crippen LogP contribution in [0.2, 0.25) is 5.15 Å². The number of aromatic nitrogens is 2. The van der Waals surface area contributed by atoms with Crippen LogP contribution in [-0.4, -0.2) is 20.8 Å². The number of halogens is 1. The predicted octanol–water partition coefficient (Wildman–Crippen LogP) is 2.60. The number of carbonyl (C=O) groups excluding carboxylic acids is 1. The quantitative estimate of drug-likeness (QED) is 0.495. The van der Waals surface area contributed by atoms with Crippen molar-refractivity contribution in [2.75, 3.05) is 0 Å². The lowest BCUT2D eigenvalue weighted by molar-refractivity contribution is -0.384. The van der Waals surface area contributed by atoms with E-state index in [0.29, 0.717) is 24.9 Å². The second kappa shape index (κ2) is 4.72. The highest BCUT2D eigenvalue weighted by Gasteiger charge is 2.28. The Kier molecular flexibility index (Phi) is 3.02. The van der Waals surface area contributed by atoms with Gasteiger partial charge in [0.05, 0.1) is 4.92 Å². The molecule has 1 aromatic carbocycles. The number of nitro benzene ring substituents is 1. The van der Waals surface area contributed by atoms with Crippen LogP contribution in [0.5, 0.6) is 0 Å². The van der Waals surface area contributed by atoms with E-state index < -0.39 is 4.92 Å². The fraction of sp³-hybridized carbons (Fsp3) is 0.231. The number of benzene rings is 1. The topological polar surface area (TPSA) is 78.0 Å². The molecule has 0 saturated carbocycles. The number of fused-ring (bicyclic) bond motifs is 1. The summed E-state index contributed by atoms with van der Waals surface area (Å²) in [5, 5.41) is 10.9. The molecule has 1 aromatic heterocycles. The van der Waals surface area contributed by atoms with Crippen LogP contribution in [0.3, 0.4) is 0 Å². The molecule has 1 unspecified atom stereocenters. The largest absolute Gasteiger partial charge is 0.324 e. The van der Waals surface area contributed by atoms with E-state index in [-0.39, 0.29) is 16.8 Å². The number of hydrogen-bond acceptors (Lipinski definition) is 4. The van der Waals surface area contributed by atoms with Crippen LogP contribution < -0.4 is 0 Å². The maximum absolute atomic E-state index is 11.0. The summed E-state index contributed by atoms with van der Waals surface area (Å²) in [7, 11) is 0. The SMILES string of the molecule is O=Cc1c(Cl)nc2n1CC(c1ccc([N+](=O)[O-])cc1)C2. The second-order valence-electron chi connectivity index (χ2n) is 4.68. The zero-order valence-corrected chi connectivity index (χ0v) is 11.1. The minimum Gasteiger partial charge on any atom is -0.324 e. The number of hydrogen-bond donors (Lipinski definition) is 0. The summed E-state index contributed by atoms with van der Waals surface area (Å²) in [6, 6.07) is 6.48. The molecule has 102 valence electrons. The van der Waals surface area contributed by atoms with Crippen molar-refractivity contribution in [1.82, 2.24) is 9.55 Å². The van der Waals surface area contributed by atoms with Crippen LogP contribution in [0.4, 0.5) is 5.69 Å². The van der Waals surface area contributed by atoms with Gasteiger partial charge in [0, 0.05) is 31.0 Å². The van der Waals surface area contributed by atoms with Gasteiger partial charge >= 0.3 is 0 Å². The van der Waals surface area contributed by atoms with Crippen molar-refractivity contribution in [2.24, 2.45) is 0 Å². The van der Waals surface area contributed by atoms with Crippen molar-refractivity contribution in [1.29, 1.82) is 0 Å². The van der Waals surface area contributed by atoms with Gasteiger partial charge in [0.25, 0.3) is 5.69 Å². The molecule has 3 rings (SSSR count). The number of carbonyl (C=O) groups is 1. The molecular formula is C13H10ClN3O3. The summed E-state index contributed by atoms with van der Waals surface area (Å²) in [6.07, 6.45) is 1.38. The van der Waals surface area contributed by atoms with E-state index in [9.17, 15) is 14.9 Å². The summed E-state index contributed by atoms with van der Waals surface area (Å²) in [5.74, 6) is 0.940. The number of rotatable bonds is 3. The van der Waals surface area contributed by atoms with Gasteiger partial charge in [0.15, 0.2) is 11.4 Å². The summed E-state index contributed by atoms with van der Waals surface area (Å²) in [6.45, 7) is 0.612. The first kappa shape index (κ1) is 12.8. The van der Waals surface area contributed by atoms with Gasteiger partial charge in [-0.15, -0.1) is 0 Å². The first-order chi connectivity index (χ1) is 9.60. The number of aldehydes is 1. The maximum Gasteiger partial charge on any atom is 0.269 e. The molecule has 0 aliphatic carbocycles. The molecule has 0 fully saturated rings. The normalized spacial score (nSPS) is 16.9. The molecule has 1 atom stereocenters. The molecule has 0 N–H and O–H groups in total. The Balaban J connectivity index is 1.86. The average molecular weight is 292 g/mol. The van der Waals surface area contributed by atoms with Gasteiger partial charge in [-0.3, -0.25) is 14.9 Å². The molecule has 20 heavy (non-hydrogen) atoms. The molecule has 0 spiro atoms. The fourth-order valence-corrected chi connectivity index (χ4v) is 2.79. The first-order valence-corrected chi connectivity index (χ1v) is 6.42.